The molecule has 0 spiro atoms. The lowest BCUT2D eigenvalue weighted by Crippen LogP contribution is -3.14. The number of rotatable bonds is 6. The SMILES string of the molecule is Cc1ccccc1N1CC[NH+](CCCCN2CC(=O)C(=C3c4ccccc4-c4ccccc43)C2=O)CC1. The third kappa shape index (κ3) is 4.38. The molecule has 2 heterocycles. The van der Waals surface area contributed by atoms with Crippen LogP contribution < -0.4 is 9.80 Å². The Morgan fingerprint density at radius 3 is 1.97 bits per heavy atom. The number of Topliss-reactive ketones (excluding diaryl/α,β-unsaturated/α-hetero) is 1. The third-order valence-electron chi connectivity index (χ3n) is 8.18. The number of hydrogen-bond acceptors (Lipinski definition) is 3. The highest BCUT2D eigenvalue weighted by Gasteiger charge is 2.39. The predicted molar refractivity (Wildman–Crippen MR) is 148 cm³/mol. The van der Waals surface area contributed by atoms with Gasteiger partial charge < -0.3 is 14.7 Å². The molecule has 5 nitrogen and oxygen atoms in total. The van der Waals surface area contributed by atoms with Gasteiger partial charge in [-0.05, 0) is 53.6 Å². The number of nitrogens with zero attached hydrogens (tertiary/aromatic N) is 2. The number of nitrogens with one attached hydrogen (secondary N) is 1. The Bertz CT molecular complexity index is 1340. The van der Waals surface area contributed by atoms with Gasteiger partial charge in [0.25, 0.3) is 5.91 Å². The normalized spacial score (nSPS) is 17.5. The summed E-state index contributed by atoms with van der Waals surface area (Å²) in [5.41, 5.74) is 8.09. The van der Waals surface area contributed by atoms with Gasteiger partial charge in [0.15, 0.2) is 5.78 Å². The first-order valence-electron chi connectivity index (χ1n) is 13.5. The van der Waals surface area contributed by atoms with Crippen molar-refractivity contribution >= 4 is 23.0 Å². The molecule has 1 N–H and O–H groups in total. The number of aryl methyl sites for hydroxylation is 1. The van der Waals surface area contributed by atoms with E-state index in [1.54, 1.807) is 9.80 Å². The minimum absolute atomic E-state index is 0.0514. The van der Waals surface area contributed by atoms with E-state index < -0.39 is 0 Å². The van der Waals surface area contributed by atoms with Gasteiger partial charge >= 0.3 is 0 Å². The standard InChI is InChI=1S/C32H33N3O2/c1-23-10-2-7-15-28(23)34-20-18-33(19-21-34)16-8-9-17-35-22-29(36)31(32(35)37)30-26-13-5-3-11-24(26)25-12-4-6-14-27(25)30/h2-7,10-15H,8-9,16-22H2,1H3/p+1. The number of carbonyl (C=O) groups is 2. The van der Waals surface area contributed by atoms with Gasteiger partial charge in [-0.3, -0.25) is 9.59 Å². The Labute approximate surface area is 219 Å². The molecule has 0 atom stereocenters. The molecule has 2 saturated heterocycles. The second kappa shape index (κ2) is 9.98. The summed E-state index contributed by atoms with van der Waals surface area (Å²) < 4.78 is 0. The van der Waals surface area contributed by atoms with Gasteiger partial charge in [-0.25, -0.2) is 0 Å². The Kier molecular flexibility index (Phi) is 6.39. The van der Waals surface area contributed by atoms with Crippen molar-refractivity contribution in [2.75, 3.05) is 50.7 Å². The van der Waals surface area contributed by atoms with E-state index in [0.29, 0.717) is 12.1 Å². The van der Waals surface area contributed by atoms with Crippen LogP contribution in [0.4, 0.5) is 5.69 Å². The fourth-order valence-electron chi connectivity index (χ4n) is 6.22. The Morgan fingerprint density at radius 2 is 1.32 bits per heavy atom. The maximum absolute atomic E-state index is 13.5. The van der Waals surface area contributed by atoms with Crippen LogP contribution in [-0.2, 0) is 9.59 Å². The maximum atomic E-state index is 13.5. The number of piperazine rings is 1. The molecule has 0 unspecified atom stereocenters. The van der Waals surface area contributed by atoms with Crippen molar-refractivity contribution in [2.45, 2.75) is 19.8 Å². The lowest BCUT2D eigenvalue weighted by molar-refractivity contribution is -0.900. The number of likely N-dealkylation sites (tertiary alicyclic amines) is 1. The zero-order valence-corrected chi connectivity index (χ0v) is 21.5. The maximum Gasteiger partial charge on any atom is 0.258 e. The molecular formula is C32H34N3O2+. The van der Waals surface area contributed by atoms with Crippen molar-refractivity contribution in [3.63, 3.8) is 0 Å². The van der Waals surface area contributed by atoms with Crippen molar-refractivity contribution in [2.24, 2.45) is 0 Å². The van der Waals surface area contributed by atoms with Crippen LogP contribution in [0.15, 0.2) is 78.4 Å². The average Bonchev–Trinajstić information content (AvgIpc) is 3.40. The van der Waals surface area contributed by atoms with Crippen LogP contribution in [0.25, 0.3) is 16.7 Å². The topological polar surface area (TPSA) is 45.1 Å². The molecule has 2 fully saturated rings. The van der Waals surface area contributed by atoms with Crippen molar-refractivity contribution in [3.05, 3.63) is 95.1 Å². The first kappa shape index (κ1) is 23.7. The molecule has 188 valence electrons. The highest BCUT2D eigenvalue weighted by molar-refractivity contribution is 6.32. The first-order valence-corrected chi connectivity index (χ1v) is 13.5. The Balaban J connectivity index is 1.06. The molecule has 6 rings (SSSR count). The van der Waals surface area contributed by atoms with Crippen molar-refractivity contribution in [1.82, 2.24) is 4.90 Å². The number of carbonyl (C=O) groups excluding carboxylic acids is 2. The molecule has 3 aliphatic rings. The number of unbranched alkanes of at least 4 members (excludes halogenated alkanes) is 1. The summed E-state index contributed by atoms with van der Waals surface area (Å²) in [5, 5.41) is 0. The molecule has 37 heavy (non-hydrogen) atoms. The van der Waals surface area contributed by atoms with E-state index in [1.165, 1.54) is 11.3 Å². The molecule has 0 aromatic heterocycles. The molecule has 0 radical (unpaired) electrons. The first-order chi connectivity index (χ1) is 18.1. The zero-order valence-electron chi connectivity index (χ0n) is 21.5. The van der Waals surface area contributed by atoms with E-state index >= 15 is 0 Å². The highest BCUT2D eigenvalue weighted by atomic mass is 16.2. The van der Waals surface area contributed by atoms with E-state index in [4.69, 9.17) is 0 Å². The molecular weight excluding hydrogens is 458 g/mol. The quantitative estimate of drug-likeness (QED) is 0.255. The summed E-state index contributed by atoms with van der Waals surface area (Å²) >= 11 is 0. The van der Waals surface area contributed by atoms with E-state index in [2.05, 4.69) is 48.2 Å². The van der Waals surface area contributed by atoms with Crippen molar-refractivity contribution in [3.8, 4) is 11.1 Å². The van der Waals surface area contributed by atoms with Gasteiger partial charge in [-0.15, -0.1) is 0 Å². The van der Waals surface area contributed by atoms with Crippen LogP contribution in [0.3, 0.4) is 0 Å². The van der Waals surface area contributed by atoms with Crippen molar-refractivity contribution < 1.29 is 14.5 Å². The van der Waals surface area contributed by atoms with E-state index in [-0.39, 0.29) is 18.2 Å². The number of fused-ring (bicyclic) bond motifs is 3. The van der Waals surface area contributed by atoms with Gasteiger partial charge in [0.2, 0.25) is 0 Å². The summed E-state index contributed by atoms with van der Waals surface area (Å²) in [6, 6.07) is 24.8. The largest absolute Gasteiger partial charge is 0.360 e. The molecule has 0 saturated carbocycles. The lowest BCUT2D eigenvalue weighted by atomic mass is 9.96. The number of anilines is 1. The van der Waals surface area contributed by atoms with Crippen LogP contribution in [0.1, 0.15) is 29.5 Å². The zero-order chi connectivity index (χ0) is 25.4. The molecule has 2 aliphatic heterocycles. The second-order valence-corrected chi connectivity index (χ2v) is 10.5. The van der Waals surface area contributed by atoms with Crippen LogP contribution in [0.5, 0.6) is 0 Å². The van der Waals surface area contributed by atoms with Crippen LogP contribution in [0, 0.1) is 6.92 Å². The highest BCUT2D eigenvalue weighted by Crippen LogP contribution is 2.46. The fourth-order valence-corrected chi connectivity index (χ4v) is 6.22. The van der Waals surface area contributed by atoms with Gasteiger partial charge in [0.1, 0.15) is 0 Å². The fraction of sp³-hybridized carbons (Fsp3) is 0.312. The van der Waals surface area contributed by atoms with Gasteiger partial charge in [-0.2, -0.15) is 0 Å². The minimum atomic E-state index is -0.106. The van der Waals surface area contributed by atoms with Crippen molar-refractivity contribution in [1.29, 1.82) is 0 Å². The molecule has 0 bridgehead atoms. The average molecular weight is 493 g/mol. The number of ketones is 1. The molecule has 5 heteroatoms. The van der Waals surface area contributed by atoms with Gasteiger partial charge in [0.05, 0.1) is 44.8 Å². The monoisotopic (exact) mass is 492 g/mol. The number of para-hydroxylation sites is 1. The number of amides is 1. The molecule has 1 amide bonds. The van der Waals surface area contributed by atoms with Crippen LogP contribution >= 0.6 is 0 Å². The van der Waals surface area contributed by atoms with Crippen LogP contribution in [0.2, 0.25) is 0 Å². The minimum Gasteiger partial charge on any atom is -0.360 e. The van der Waals surface area contributed by atoms with E-state index in [1.807, 2.05) is 36.4 Å². The number of quaternary nitrogens is 1. The summed E-state index contributed by atoms with van der Waals surface area (Å²) in [5.74, 6) is -0.157. The summed E-state index contributed by atoms with van der Waals surface area (Å²) in [6.45, 7) is 8.60. The third-order valence-corrected chi connectivity index (χ3v) is 8.18. The number of hydrogen-bond donors (Lipinski definition) is 1. The summed E-state index contributed by atoms with van der Waals surface area (Å²) in [6.07, 6.45) is 2.00. The number of benzene rings is 3. The molecule has 3 aromatic rings. The van der Waals surface area contributed by atoms with Gasteiger partial charge in [0, 0.05) is 17.8 Å². The predicted octanol–water partition coefficient (Wildman–Crippen LogP) is 3.37. The summed E-state index contributed by atoms with van der Waals surface area (Å²) in [7, 11) is 0. The van der Waals surface area contributed by atoms with E-state index in [0.717, 1.165) is 73.4 Å². The van der Waals surface area contributed by atoms with Gasteiger partial charge in [-0.1, -0.05) is 66.7 Å². The second-order valence-electron chi connectivity index (χ2n) is 10.5. The Morgan fingerprint density at radius 1 is 0.730 bits per heavy atom. The Hall–Kier alpha value is -3.70. The smallest absolute Gasteiger partial charge is 0.258 e. The molecule has 1 aliphatic carbocycles. The van der Waals surface area contributed by atoms with Crippen LogP contribution in [-0.4, -0.2) is 62.4 Å². The lowest BCUT2D eigenvalue weighted by Gasteiger charge is -2.34. The molecule has 3 aromatic carbocycles. The van der Waals surface area contributed by atoms with E-state index in [9.17, 15) is 9.59 Å². The summed E-state index contributed by atoms with van der Waals surface area (Å²) in [4.78, 5) is 32.5.